The van der Waals surface area contributed by atoms with Crippen LogP contribution in [0.2, 0.25) is 0 Å². The Kier molecular flexibility index (Phi) is 4.92. The molecule has 2 heteroatoms. The van der Waals surface area contributed by atoms with Gasteiger partial charge in [-0.3, -0.25) is 0 Å². The summed E-state index contributed by atoms with van der Waals surface area (Å²) in [5.41, 5.74) is 0. The summed E-state index contributed by atoms with van der Waals surface area (Å²) in [4.78, 5) is 2.15. The first kappa shape index (κ1) is 11.4. The molecule has 70 valence electrons. The molecule has 2 unspecified atom stereocenters. The van der Waals surface area contributed by atoms with Crippen LogP contribution >= 0.6 is 0 Å². The minimum Gasteiger partial charge on any atom is -0.305 e. The van der Waals surface area contributed by atoms with Crippen molar-refractivity contribution in [1.82, 2.24) is 4.90 Å². The smallest absolute Gasteiger partial charge is 0.0675 e. The van der Waals surface area contributed by atoms with Crippen LogP contribution in [0.3, 0.4) is 0 Å². The quantitative estimate of drug-likeness (QED) is 0.643. The molecule has 0 bridgehead atoms. The Morgan fingerprint density at radius 2 is 1.83 bits per heavy atom. The van der Waals surface area contributed by atoms with Gasteiger partial charge in [-0.1, -0.05) is 20.8 Å². The third-order valence-corrected chi connectivity index (χ3v) is 2.36. The Hall–Kier alpha value is -0.550. The van der Waals surface area contributed by atoms with E-state index in [-0.39, 0.29) is 5.92 Å². The molecule has 0 amide bonds. The van der Waals surface area contributed by atoms with Crippen molar-refractivity contribution in [3.63, 3.8) is 0 Å². The molecule has 0 aromatic rings. The van der Waals surface area contributed by atoms with Crippen LogP contribution in [0.15, 0.2) is 0 Å². The molecule has 0 spiro atoms. The Balaban J connectivity index is 4.36. The van der Waals surface area contributed by atoms with Crippen LogP contribution in [0.5, 0.6) is 0 Å². The Morgan fingerprint density at radius 1 is 1.33 bits per heavy atom. The summed E-state index contributed by atoms with van der Waals surface area (Å²) in [5.74, 6) is 0.604. The highest BCUT2D eigenvalue weighted by Gasteiger charge is 2.24. The minimum absolute atomic E-state index is 0.157. The van der Waals surface area contributed by atoms with Crippen LogP contribution in [-0.4, -0.2) is 25.0 Å². The molecule has 0 heterocycles. The second kappa shape index (κ2) is 5.16. The van der Waals surface area contributed by atoms with E-state index >= 15 is 0 Å². The van der Waals surface area contributed by atoms with Crippen LogP contribution in [0.1, 0.15) is 27.2 Å². The zero-order valence-corrected chi connectivity index (χ0v) is 8.83. The van der Waals surface area contributed by atoms with E-state index in [1.165, 1.54) is 0 Å². The molecule has 0 aromatic carbocycles. The first-order valence-corrected chi connectivity index (χ1v) is 4.60. The van der Waals surface area contributed by atoms with E-state index in [2.05, 4.69) is 31.7 Å². The van der Waals surface area contributed by atoms with Gasteiger partial charge in [0.05, 0.1) is 12.0 Å². The molecule has 0 fully saturated rings. The molecular formula is C10H20N2. The molecule has 0 radical (unpaired) electrons. The van der Waals surface area contributed by atoms with E-state index in [4.69, 9.17) is 5.26 Å². The molecular weight excluding hydrogens is 148 g/mol. The van der Waals surface area contributed by atoms with Gasteiger partial charge in [0.25, 0.3) is 0 Å². The van der Waals surface area contributed by atoms with Crippen LogP contribution < -0.4 is 0 Å². The van der Waals surface area contributed by atoms with Gasteiger partial charge in [0.1, 0.15) is 0 Å². The topological polar surface area (TPSA) is 27.0 Å². The summed E-state index contributed by atoms with van der Waals surface area (Å²) in [6.45, 7) is 6.36. The third-order valence-electron chi connectivity index (χ3n) is 2.36. The fourth-order valence-corrected chi connectivity index (χ4v) is 1.62. The SMILES string of the molecule is CCC(C(C#N)C(C)C)N(C)C. The van der Waals surface area contributed by atoms with E-state index in [1.807, 2.05) is 14.1 Å². The Morgan fingerprint density at radius 3 is 1.92 bits per heavy atom. The van der Waals surface area contributed by atoms with Crippen molar-refractivity contribution in [3.05, 3.63) is 0 Å². The van der Waals surface area contributed by atoms with Gasteiger partial charge in [-0.25, -0.2) is 0 Å². The van der Waals surface area contributed by atoms with E-state index in [9.17, 15) is 0 Å². The zero-order valence-electron chi connectivity index (χ0n) is 8.83. The standard InChI is InChI=1S/C10H20N2/c1-6-10(12(4)5)9(7-11)8(2)3/h8-10H,6H2,1-5H3. The van der Waals surface area contributed by atoms with Crippen molar-refractivity contribution in [3.8, 4) is 6.07 Å². The summed E-state index contributed by atoms with van der Waals surface area (Å²) in [6.07, 6.45) is 1.05. The lowest BCUT2D eigenvalue weighted by Gasteiger charge is -2.29. The second-order valence-corrected chi connectivity index (χ2v) is 3.84. The monoisotopic (exact) mass is 168 g/mol. The van der Waals surface area contributed by atoms with Gasteiger partial charge in [0.2, 0.25) is 0 Å². The summed E-state index contributed by atoms with van der Waals surface area (Å²) in [5, 5.41) is 8.97. The zero-order chi connectivity index (χ0) is 9.72. The molecule has 0 aliphatic heterocycles. The lowest BCUT2D eigenvalue weighted by atomic mass is 9.88. The summed E-state index contributed by atoms with van der Waals surface area (Å²) >= 11 is 0. The molecule has 0 rings (SSSR count). The van der Waals surface area contributed by atoms with Gasteiger partial charge in [-0.2, -0.15) is 5.26 Å². The van der Waals surface area contributed by atoms with E-state index in [0.717, 1.165) is 6.42 Å². The number of hydrogen-bond donors (Lipinski definition) is 0. The van der Waals surface area contributed by atoms with Gasteiger partial charge in [-0.15, -0.1) is 0 Å². The normalized spacial score (nSPS) is 16.2. The van der Waals surface area contributed by atoms with Gasteiger partial charge in [0, 0.05) is 6.04 Å². The predicted octanol–water partition coefficient (Wildman–Crippen LogP) is 2.12. The molecule has 0 aliphatic rings. The first-order valence-electron chi connectivity index (χ1n) is 4.60. The van der Waals surface area contributed by atoms with Crippen molar-refractivity contribution in [2.45, 2.75) is 33.2 Å². The lowest BCUT2D eigenvalue weighted by Crippen LogP contribution is -2.36. The van der Waals surface area contributed by atoms with Crippen molar-refractivity contribution >= 4 is 0 Å². The van der Waals surface area contributed by atoms with Crippen molar-refractivity contribution in [2.24, 2.45) is 11.8 Å². The van der Waals surface area contributed by atoms with E-state index in [0.29, 0.717) is 12.0 Å². The maximum atomic E-state index is 8.97. The number of hydrogen-bond acceptors (Lipinski definition) is 2. The average molecular weight is 168 g/mol. The van der Waals surface area contributed by atoms with Gasteiger partial charge >= 0.3 is 0 Å². The maximum absolute atomic E-state index is 8.97. The molecule has 2 nitrogen and oxygen atoms in total. The van der Waals surface area contributed by atoms with Crippen LogP contribution in [0, 0.1) is 23.2 Å². The molecule has 0 saturated heterocycles. The van der Waals surface area contributed by atoms with E-state index in [1.54, 1.807) is 0 Å². The van der Waals surface area contributed by atoms with Crippen LogP contribution in [-0.2, 0) is 0 Å². The van der Waals surface area contributed by atoms with Gasteiger partial charge in [0.15, 0.2) is 0 Å². The van der Waals surface area contributed by atoms with Crippen LogP contribution in [0.4, 0.5) is 0 Å². The van der Waals surface area contributed by atoms with Crippen molar-refractivity contribution in [1.29, 1.82) is 5.26 Å². The second-order valence-electron chi connectivity index (χ2n) is 3.84. The largest absolute Gasteiger partial charge is 0.305 e. The molecule has 0 N–H and O–H groups in total. The Bertz CT molecular complexity index is 156. The highest BCUT2D eigenvalue weighted by molar-refractivity contribution is 4.93. The molecule has 2 atom stereocenters. The lowest BCUT2D eigenvalue weighted by molar-refractivity contribution is 0.202. The number of nitrogens with zero attached hydrogens (tertiary/aromatic N) is 2. The molecule has 12 heavy (non-hydrogen) atoms. The van der Waals surface area contributed by atoms with Gasteiger partial charge in [-0.05, 0) is 26.4 Å². The number of nitriles is 1. The summed E-state index contributed by atoms with van der Waals surface area (Å²) in [7, 11) is 4.09. The highest BCUT2D eigenvalue weighted by atomic mass is 15.1. The molecule has 0 saturated carbocycles. The maximum Gasteiger partial charge on any atom is 0.0675 e. The van der Waals surface area contributed by atoms with Crippen molar-refractivity contribution in [2.75, 3.05) is 14.1 Å². The molecule has 0 aromatic heterocycles. The van der Waals surface area contributed by atoms with E-state index < -0.39 is 0 Å². The average Bonchev–Trinajstić information content (AvgIpc) is 1.98. The highest BCUT2D eigenvalue weighted by Crippen LogP contribution is 2.19. The van der Waals surface area contributed by atoms with Crippen molar-refractivity contribution < 1.29 is 0 Å². The first-order chi connectivity index (χ1) is 5.54. The molecule has 0 aliphatic carbocycles. The third kappa shape index (κ3) is 2.83. The summed E-state index contributed by atoms with van der Waals surface area (Å²) in [6, 6.07) is 2.79. The summed E-state index contributed by atoms with van der Waals surface area (Å²) < 4.78 is 0. The fourth-order valence-electron chi connectivity index (χ4n) is 1.62. The Labute approximate surface area is 76.2 Å². The predicted molar refractivity (Wildman–Crippen MR) is 51.7 cm³/mol. The fraction of sp³-hybridized carbons (Fsp3) is 0.900. The van der Waals surface area contributed by atoms with Crippen LogP contribution in [0.25, 0.3) is 0 Å². The minimum atomic E-state index is 0.157. The van der Waals surface area contributed by atoms with Gasteiger partial charge < -0.3 is 4.90 Å². The number of rotatable bonds is 4.